The highest BCUT2D eigenvalue weighted by atomic mass is 16.2. The van der Waals surface area contributed by atoms with Gasteiger partial charge in [-0.1, -0.05) is 36.4 Å². The normalized spacial score (nSPS) is 10.1. The standard InChI is InChI=1S/C15H22N2O/c1-3-12-17(15(18)9-11-16-2)13-10-14-7-5-4-6-8-14/h3-8,16H,1,9-13H2,2H3. The maximum atomic E-state index is 12.0. The van der Waals surface area contributed by atoms with Crippen LogP contribution in [0, 0.1) is 0 Å². The lowest BCUT2D eigenvalue weighted by molar-refractivity contribution is -0.130. The number of hydrogen-bond donors (Lipinski definition) is 1. The van der Waals surface area contributed by atoms with Crippen molar-refractivity contribution in [2.45, 2.75) is 12.8 Å². The third-order valence-corrected chi connectivity index (χ3v) is 2.80. The molecule has 0 radical (unpaired) electrons. The number of hydrogen-bond acceptors (Lipinski definition) is 2. The van der Waals surface area contributed by atoms with Crippen molar-refractivity contribution in [2.24, 2.45) is 0 Å². The first-order valence-corrected chi connectivity index (χ1v) is 6.35. The molecule has 0 heterocycles. The highest BCUT2D eigenvalue weighted by Gasteiger charge is 2.10. The molecule has 1 aromatic rings. The van der Waals surface area contributed by atoms with Crippen molar-refractivity contribution in [3.8, 4) is 0 Å². The van der Waals surface area contributed by atoms with Gasteiger partial charge in [0.1, 0.15) is 0 Å². The lowest BCUT2D eigenvalue weighted by Crippen LogP contribution is -2.34. The Morgan fingerprint density at radius 1 is 1.39 bits per heavy atom. The number of benzene rings is 1. The van der Waals surface area contributed by atoms with Crippen molar-refractivity contribution in [2.75, 3.05) is 26.7 Å². The Morgan fingerprint density at radius 3 is 2.72 bits per heavy atom. The third kappa shape index (κ3) is 5.15. The minimum atomic E-state index is 0.181. The van der Waals surface area contributed by atoms with Gasteiger partial charge in [0, 0.05) is 26.1 Å². The van der Waals surface area contributed by atoms with E-state index in [0.29, 0.717) is 13.0 Å². The van der Waals surface area contributed by atoms with E-state index in [9.17, 15) is 4.79 Å². The van der Waals surface area contributed by atoms with Crippen LogP contribution in [-0.2, 0) is 11.2 Å². The van der Waals surface area contributed by atoms with Gasteiger partial charge < -0.3 is 10.2 Å². The number of nitrogens with zero attached hydrogens (tertiary/aromatic N) is 1. The maximum Gasteiger partial charge on any atom is 0.224 e. The molecule has 18 heavy (non-hydrogen) atoms. The molecule has 0 saturated heterocycles. The van der Waals surface area contributed by atoms with Gasteiger partial charge in [-0.3, -0.25) is 4.79 Å². The van der Waals surface area contributed by atoms with E-state index < -0.39 is 0 Å². The Balaban J connectivity index is 2.47. The second kappa shape index (κ2) is 8.48. The molecule has 0 unspecified atom stereocenters. The van der Waals surface area contributed by atoms with E-state index >= 15 is 0 Å². The minimum Gasteiger partial charge on any atom is -0.339 e. The molecule has 0 aromatic heterocycles. The van der Waals surface area contributed by atoms with Crippen LogP contribution in [0.4, 0.5) is 0 Å². The van der Waals surface area contributed by atoms with E-state index in [-0.39, 0.29) is 5.91 Å². The summed E-state index contributed by atoms with van der Waals surface area (Å²) in [7, 11) is 1.86. The van der Waals surface area contributed by atoms with Gasteiger partial charge in [-0.2, -0.15) is 0 Å². The van der Waals surface area contributed by atoms with E-state index in [2.05, 4.69) is 24.0 Å². The first kappa shape index (κ1) is 14.5. The molecule has 0 aliphatic heterocycles. The fraction of sp³-hybridized carbons (Fsp3) is 0.400. The van der Waals surface area contributed by atoms with Crippen LogP contribution in [0.25, 0.3) is 0 Å². The smallest absolute Gasteiger partial charge is 0.224 e. The summed E-state index contributed by atoms with van der Waals surface area (Å²) in [6, 6.07) is 10.2. The van der Waals surface area contributed by atoms with Gasteiger partial charge in [-0.05, 0) is 19.0 Å². The van der Waals surface area contributed by atoms with Crippen LogP contribution < -0.4 is 5.32 Å². The lowest BCUT2D eigenvalue weighted by Gasteiger charge is -2.21. The van der Waals surface area contributed by atoms with Gasteiger partial charge in [-0.15, -0.1) is 6.58 Å². The second-order valence-corrected chi connectivity index (χ2v) is 4.22. The first-order chi connectivity index (χ1) is 8.77. The molecule has 1 aromatic carbocycles. The minimum absolute atomic E-state index is 0.181. The first-order valence-electron chi connectivity index (χ1n) is 6.35. The zero-order chi connectivity index (χ0) is 13.2. The van der Waals surface area contributed by atoms with Gasteiger partial charge in [0.15, 0.2) is 0 Å². The van der Waals surface area contributed by atoms with Crippen molar-refractivity contribution in [3.63, 3.8) is 0 Å². The number of carbonyl (C=O) groups excluding carboxylic acids is 1. The molecule has 98 valence electrons. The van der Waals surface area contributed by atoms with Gasteiger partial charge in [-0.25, -0.2) is 0 Å². The van der Waals surface area contributed by atoms with Crippen LogP contribution in [0.1, 0.15) is 12.0 Å². The zero-order valence-corrected chi connectivity index (χ0v) is 11.1. The second-order valence-electron chi connectivity index (χ2n) is 4.22. The van der Waals surface area contributed by atoms with Crippen molar-refractivity contribution in [3.05, 3.63) is 48.6 Å². The highest BCUT2D eigenvalue weighted by Crippen LogP contribution is 2.03. The monoisotopic (exact) mass is 246 g/mol. The molecular weight excluding hydrogens is 224 g/mol. The summed E-state index contributed by atoms with van der Waals surface area (Å²) in [5.41, 5.74) is 1.26. The highest BCUT2D eigenvalue weighted by molar-refractivity contribution is 5.76. The molecule has 0 atom stereocenters. The molecule has 1 N–H and O–H groups in total. The van der Waals surface area contributed by atoms with Gasteiger partial charge in [0.2, 0.25) is 5.91 Å². The van der Waals surface area contributed by atoms with Crippen LogP contribution in [0.15, 0.2) is 43.0 Å². The van der Waals surface area contributed by atoms with Crippen LogP contribution in [0.3, 0.4) is 0 Å². The lowest BCUT2D eigenvalue weighted by atomic mass is 10.1. The quantitative estimate of drug-likeness (QED) is 0.710. The molecule has 0 aliphatic carbocycles. The van der Waals surface area contributed by atoms with Crippen molar-refractivity contribution >= 4 is 5.91 Å². The van der Waals surface area contributed by atoms with E-state index in [1.165, 1.54) is 5.56 Å². The summed E-state index contributed by atoms with van der Waals surface area (Å²) >= 11 is 0. The SMILES string of the molecule is C=CCN(CCc1ccccc1)C(=O)CCNC. The number of carbonyl (C=O) groups is 1. The topological polar surface area (TPSA) is 32.3 Å². The largest absolute Gasteiger partial charge is 0.339 e. The molecule has 1 amide bonds. The summed E-state index contributed by atoms with van der Waals surface area (Å²) < 4.78 is 0. The molecular formula is C15H22N2O. The molecule has 0 aliphatic rings. The van der Waals surface area contributed by atoms with Crippen LogP contribution in [-0.4, -0.2) is 37.5 Å². The predicted octanol–water partition coefficient (Wildman–Crippen LogP) is 1.85. The Labute approximate surface area is 109 Å². The van der Waals surface area contributed by atoms with Crippen molar-refractivity contribution < 1.29 is 4.79 Å². The molecule has 3 heteroatoms. The van der Waals surface area contributed by atoms with Crippen LogP contribution in [0.5, 0.6) is 0 Å². The van der Waals surface area contributed by atoms with Gasteiger partial charge >= 0.3 is 0 Å². The average molecular weight is 246 g/mol. The van der Waals surface area contributed by atoms with Crippen LogP contribution >= 0.6 is 0 Å². The molecule has 0 spiro atoms. The molecule has 0 fully saturated rings. The number of amides is 1. The Morgan fingerprint density at radius 2 is 2.11 bits per heavy atom. The Kier molecular flexibility index (Phi) is 6.81. The fourth-order valence-electron chi connectivity index (χ4n) is 1.77. The molecule has 1 rings (SSSR count). The number of nitrogens with one attached hydrogen (secondary N) is 1. The summed E-state index contributed by atoms with van der Waals surface area (Å²) in [5.74, 6) is 0.181. The van der Waals surface area contributed by atoms with Crippen LogP contribution in [0.2, 0.25) is 0 Å². The van der Waals surface area contributed by atoms with Crippen molar-refractivity contribution in [1.82, 2.24) is 10.2 Å². The molecule has 0 bridgehead atoms. The fourth-order valence-corrected chi connectivity index (χ4v) is 1.77. The van der Waals surface area contributed by atoms with E-state index in [1.807, 2.05) is 30.1 Å². The molecule has 3 nitrogen and oxygen atoms in total. The van der Waals surface area contributed by atoms with E-state index in [0.717, 1.165) is 19.5 Å². The summed E-state index contributed by atoms with van der Waals surface area (Å²) in [5, 5.41) is 3.00. The van der Waals surface area contributed by atoms with Gasteiger partial charge in [0.05, 0.1) is 0 Å². The summed E-state index contributed by atoms with van der Waals surface area (Å²) in [6.07, 6.45) is 3.21. The predicted molar refractivity (Wildman–Crippen MR) is 75.5 cm³/mol. The number of rotatable bonds is 8. The summed E-state index contributed by atoms with van der Waals surface area (Å²) in [6.45, 7) is 5.80. The van der Waals surface area contributed by atoms with E-state index in [1.54, 1.807) is 6.08 Å². The third-order valence-electron chi connectivity index (χ3n) is 2.80. The van der Waals surface area contributed by atoms with E-state index in [4.69, 9.17) is 0 Å². The zero-order valence-electron chi connectivity index (χ0n) is 11.1. The van der Waals surface area contributed by atoms with Gasteiger partial charge in [0.25, 0.3) is 0 Å². The Hall–Kier alpha value is -1.61. The summed E-state index contributed by atoms with van der Waals surface area (Å²) in [4.78, 5) is 13.8. The maximum absolute atomic E-state index is 12.0. The molecule has 0 saturated carbocycles. The average Bonchev–Trinajstić information content (AvgIpc) is 2.42. The van der Waals surface area contributed by atoms with Crippen molar-refractivity contribution in [1.29, 1.82) is 0 Å². The Bertz CT molecular complexity index is 362.